The summed E-state index contributed by atoms with van der Waals surface area (Å²) in [5, 5.41) is 4.45. The lowest BCUT2D eigenvalue weighted by Gasteiger charge is -2.37. The van der Waals surface area contributed by atoms with Crippen LogP contribution in [0.3, 0.4) is 0 Å². The van der Waals surface area contributed by atoms with Crippen LogP contribution in [0.15, 0.2) is 72.9 Å². The van der Waals surface area contributed by atoms with Crippen LogP contribution in [0.25, 0.3) is 10.8 Å². The van der Waals surface area contributed by atoms with E-state index in [0.717, 1.165) is 54.2 Å². The van der Waals surface area contributed by atoms with Gasteiger partial charge in [-0.3, -0.25) is 4.79 Å². The van der Waals surface area contributed by atoms with Crippen LogP contribution in [0.1, 0.15) is 10.4 Å². The lowest BCUT2D eigenvalue weighted by molar-refractivity contribution is 0.102. The number of nitrogens with one attached hydrogen (secondary N) is 1. The Morgan fingerprint density at radius 3 is 2.40 bits per heavy atom. The van der Waals surface area contributed by atoms with Gasteiger partial charge in [-0.05, 0) is 35.7 Å². The van der Waals surface area contributed by atoms with Crippen LogP contribution < -0.4 is 19.9 Å². The lowest BCUT2D eigenvalue weighted by atomic mass is 10.1. The highest BCUT2D eigenvalue weighted by Gasteiger charge is 2.23. The maximum atomic E-state index is 13.5. The number of amides is 1. The zero-order valence-corrected chi connectivity index (χ0v) is 19.9. The van der Waals surface area contributed by atoms with Crippen molar-refractivity contribution < 1.29 is 13.9 Å². The Balaban J connectivity index is 1.38. The first kappa shape index (κ1) is 22.9. The van der Waals surface area contributed by atoms with E-state index in [0.29, 0.717) is 11.3 Å². The summed E-state index contributed by atoms with van der Waals surface area (Å²) in [5.74, 6) is 0.847. The van der Waals surface area contributed by atoms with Crippen molar-refractivity contribution in [3.8, 4) is 5.75 Å². The van der Waals surface area contributed by atoms with Crippen molar-refractivity contribution in [2.75, 3.05) is 48.4 Å². The number of anilines is 3. The number of benzene rings is 3. The number of fused-ring (bicyclic) bond motifs is 1. The molecule has 35 heavy (non-hydrogen) atoms. The van der Waals surface area contributed by atoms with Crippen LogP contribution in [0.5, 0.6) is 5.75 Å². The topological polar surface area (TPSA) is 57.7 Å². The Morgan fingerprint density at radius 1 is 0.971 bits per heavy atom. The van der Waals surface area contributed by atoms with E-state index >= 15 is 0 Å². The fourth-order valence-corrected chi connectivity index (χ4v) is 4.61. The first-order valence-electron chi connectivity index (χ1n) is 11.3. The summed E-state index contributed by atoms with van der Waals surface area (Å²) in [5.41, 5.74) is 1.94. The fraction of sp³-hybridized carbons (Fsp3) is 0.185. The summed E-state index contributed by atoms with van der Waals surface area (Å²) in [6, 6.07) is 19.9. The molecule has 1 aromatic heterocycles. The van der Waals surface area contributed by atoms with Crippen LogP contribution >= 0.6 is 11.6 Å². The molecule has 0 saturated carbocycles. The maximum Gasteiger partial charge on any atom is 0.257 e. The van der Waals surface area contributed by atoms with Crippen LogP contribution in [-0.4, -0.2) is 44.2 Å². The number of hydrogen-bond donors (Lipinski definition) is 1. The summed E-state index contributed by atoms with van der Waals surface area (Å²) < 4.78 is 19.0. The predicted molar refractivity (Wildman–Crippen MR) is 139 cm³/mol. The monoisotopic (exact) mass is 490 g/mol. The van der Waals surface area contributed by atoms with E-state index in [-0.39, 0.29) is 10.9 Å². The molecule has 0 unspecified atom stereocenters. The summed E-state index contributed by atoms with van der Waals surface area (Å²) in [7, 11) is 1.69. The van der Waals surface area contributed by atoms with Crippen molar-refractivity contribution in [3.63, 3.8) is 0 Å². The van der Waals surface area contributed by atoms with Crippen LogP contribution in [-0.2, 0) is 0 Å². The van der Waals surface area contributed by atoms with Gasteiger partial charge >= 0.3 is 0 Å². The molecule has 6 nitrogen and oxygen atoms in total. The number of piperazine rings is 1. The third-order valence-corrected chi connectivity index (χ3v) is 6.49. The second kappa shape index (κ2) is 9.80. The molecule has 0 aliphatic carbocycles. The average Bonchev–Trinajstić information content (AvgIpc) is 2.90. The number of para-hydroxylation sites is 2. The third-order valence-electron chi connectivity index (χ3n) is 6.20. The molecule has 0 atom stereocenters. The highest BCUT2D eigenvalue weighted by atomic mass is 35.5. The smallest absolute Gasteiger partial charge is 0.257 e. The van der Waals surface area contributed by atoms with E-state index in [1.807, 2.05) is 42.5 Å². The van der Waals surface area contributed by atoms with E-state index in [4.69, 9.17) is 21.3 Å². The van der Waals surface area contributed by atoms with Gasteiger partial charge < -0.3 is 19.9 Å². The summed E-state index contributed by atoms with van der Waals surface area (Å²) in [4.78, 5) is 22.3. The van der Waals surface area contributed by atoms with E-state index in [2.05, 4.69) is 21.2 Å². The first-order valence-corrected chi connectivity index (χ1v) is 11.7. The number of rotatable bonds is 5. The third kappa shape index (κ3) is 4.59. The Labute approximate surface area is 207 Å². The van der Waals surface area contributed by atoms with Gasteiger partial charge in [-0.15, -0.1) is 0 Å². The van der Waals surface area contributed by atoms with E-state index < -0.39 is 5.82 Å². The number of methoxy groups -OCH3 is 1. The molecule has 1 amide bonds. The quantitative estimate of drug-likeness (QED) is 0.394. The van der Waals surface area contributed by atoms with E-state index in [1.165, 1.54) is 18.2 Å². The Morgan fingerprint density at radius 2 is 1.66 bits per heavy atom. The molecule has 3 aromatic carbocycles. The van der Waals surface area contributed by atoms with E-state index in [1.54, 1.807) is 13.3 Å². The minimum Gasteiger partial charge on any atom is -0.495 e. The largest absolute Gasteiger partial charge is 0.495 e. The molecule has 4 aromatic rings. The molecule has 1 saturated heterocycles. The molecule has 1 aliphatic heterocycles. The summed E-state index contributed by atoms with van der Waals surface area (Å²) >= 11 is 5.86. The SMILES string of the molecule is COc1ccccc1N1CCN(c2ncc(C(=O)Nc3ccc(F)c(Cl)c3)c3ccccc23)CC1. The Hall–Kier alpha value is -3.84. The Kier molecular flexibility index (Phi) is 6.42. The van der Waals surface area contributed by atoms with Crippen molar-refractivity contribution in [2.24, 2.45) is 0 Å². The van der Waals surface area contributed by atoms with Gasteiger partial charge in [0.25, 0.3) is 5.91 Å². The second-order valence-corrected chi connectivity index (χ2v) is 8.68. The minimum absolute atomic E-state index is 0.0478. The number of aromatic nitrogens is 1. The van der Waals surface area contributed by atoms with E-state index in [9.17, 15) is 9.18 Å². The standard InChI is InChI=1S/C27H24ClFN4O2/c1-35-25-9-5-4-8-24(25)32-12-14-33(15-13-32)26-20-7-3-2-6-19(20)21(17-30-26)27(34)31-18-10-11-23(29)22(28)16-18/h2-11,16-17H,12-15H2,1H3,(H,31,34). The molecule has 1 aliphatic rings. The highest BCUT2D eigenvalue weighted by molar-refractivity contribution is 6.31. The van der Waals surface area contributed by atoms with Crippen LogP contribution in [0, 0.1) is 5.82 Å². The van der Waals surface area contributed by atoms with Crippen molar-refractivity contribution in [2.45, 2.75) is 0 Å². The molecule has 2 heterocycles. The van der Waals surface area contributed by atoms with Crippen molar-refractivity contribution in [3.05, 3.63) is 89.3 Å². The number of pyridine rings is 1. The lowest BCUT2D eigenvalue weighted by Crippen LogP contribution is -2.47. The molecule has 8 heteroatoms. The molecule has 5 rings (SSSR count). The van der Waals surface area contributed by atoms with Gasteiger partial charge in [0.1, 0.15) is 17.4 Å². The molecule has 178 valence electrons. The number of hydrogen-bond acceptors (Lipinski definition) is 5. The summed E-state index contributed by atoms with van der Waals surface area (Å²) in [6.45, 7) is 3.22. The zero-order chi connectivity index (χ0) is 24.4. The summed E-state index contributed by atoms with van der Waals surface area (Å²) in [6.07, 6.45) is 1.60. The molecular formula is C27H24ClFN4O2. The second-order valence-electron chi connectivity index (χ2n) is 8.27. The first-order chi connectivity index (χ1) is 17.0. The molecule has 1 fully saturated rings. The average molecular weight is 491 g/mol. The Bertz CT molecular complexity index is 1390. The van der Waals surface area contributed by atoms with Crippen molar-refractivity contribution in [1.82, 2.24) is 4.98 Å². The molecule has 0 bridgehead atoms. The van der Waals surface area contributed by atoms with Gasteiger partial charge in [-0.1, -0.05) is 48.0 Å². The number of halogens is 2. The van der Waals surface area contributed by atoms with Crippen LogP contribution in [0.4, 0.5) is 21.6 Å². The van der Waals surface area contributed by atoms with Gasteiger partial charge in [0.15, 0.2) is 0 Å². The fourth-order valence-electron chi connectivity index (χ4n) is 4.43. The minimum atomic E-state index is -0.535. The number of ether oxygens (including phenoxy) is 1. The van der Waals surface area contributed by atoms with Crippen molar-refractivity contribution >= 4 is 45.5 Å². The maximum absolute atomic E-state index is 13.5. The van der Waals surface area contributed by atoms with Crippen molar-refractivity contribution in [1.29, 1.82) is 0 Å². The number of carbonyl (C=O) groups is 1. The predicted octanol–water partition coefficient (Wildman–Crippen LogP) is 5.61. The number of nitrogens with zero attached hydrogens (tertiary/aromatic N) is 3. The van der Waals surface area contributed by atoms with Gasteiger partial charge in [0, 0.05) is 43.4 Å². The van der Waals surface area contributed by atoms with Gasteiger partial charge in [-0.2, -0.15) is 0 Å². The van der Waals surface area contributed by atoms with Gasteiger partial charge in [-0.25, -0.2) is 9.37 Å². The van der Waals surface area contributed by atoms with Gasteiger partial charge in [0.05, 0.1) is 23.4 Å². The molecule has 1 N–H and O–H groups in total. The molecule has 0 radical (unpaired) electrons. The number of carbonyl (C=O) groups excluding carboxylic acids is 1. The zero-order valence-electron chi connectivity index (χ0n) is 19.2. The molecular weight excluding hydrogens is 467 g/mol. The van der Waals surface area contributed by atoms with Gasteiger partial charge in [0.2, 0.25) is 0 Å². The molecule has 0 spiro atoms. The normalized spacial score (nSPS) is 13.7. The highest BCUT2D eigenvalue weighted by Crippen LogP contribution is 2.32. The van der Waals surface area contributed by atoms with Crippen LogP contribution in [0.2, 0.25) is 5.02 Å².